The first kappa shape index (κ1) is 14.1. The summed E-state index contributed by atoms with van der Waals surface area (Å²) >= 11 is 0. The number of amides is 2. The number of hydrogen-bond acceptors (Lipinski definition) is 4. The van der Waals surface area contributed by atoms with Crippen LogP contribution in [0.2, 0.25) is 0 Å². The number of hydrogen-bond donors (Lipinski definition) is 2. The second-order valence-electron chi connectivity index (χ2n) is 5.13. The maximum atomic E-state index is 12.2. The van der Waals surface area contributed by atoms with Crippen molar-refractivity contribution in [1.82, 2.24) is 15.5 Å². The third-order valence-corrected chi connectivity index (χ3v) is 4.13. The maximum Gasteiger partial charge on any atom is 0.263 e. The van der Waals surface area contributed by atoms with E-state index in [4.69, 9.17) is 0 Å². The Morgan fingerprint density at radius 3 is 2.37 bits per heavy atom. The van der Waals surface area contributed by atoms with Gasteiger partial charge in [0.25, 0.3) is 5.91 Å². The van der Waals surface area contributed by atoms with E-state index in [9.17, 15) is 9.59 Å². The molecule has 6 nitrogen and oxygen atoms in total. The summed E-state index contributed by atoms with van der Waals surface area (Å²) in [6.45, 7) is 7.95. The van der Waals surface area contributed by atoms with Crippen molar-refractivity contribution in [2.45, 2.75) is 26.7 Å². The van der Waals surface area contributed by atoms with Gasteiger partial charge in [-0.15, -0.1) is 0 Å². The van der Waals surface area contributed by atoms with E-state index in [0.29, 0.717) is 25.2 Å². The highest BCUT2D eigenvalue weighted by Crippen LogP contribution is 2.30. The second kappa shape index (κ2) is 5.79. The second-order valence-corrected chi connectivity index (χ2v) is 5.13. The van der Waals surface area contributed by atoms with Gasteiger partial charge in [-0.05, 0) is 12.8 Å². The van der Waals surface area contributed by atoms with E-state index < -0.39 is 5.41 Å². The minimum Gasteiger partial charge on any atom is -0.314 e. The summed E-state index contributed by atoms with van der Waals surface area (Å²) in [5.41, 5.74) is -0.951. The molecule has 0 spiro atoms. The van der Waals surface area contributed by atoms with Crippen molar-refractivity contribution in [3.63, 3.8) is 0 Å². The van der Waals surface area contributed by atoms with Gasteiger partial charge < -0.3 is 10.6 Å². The molecule has 1 fully saturated rings. The Morgan fingerprint density at radius 2 is 1.84 bits per heavy atom. The van der Waals surface area contributed by atoms with Crippen LogP contribution >= 0.6 is 0 Å². The molecule has 19 heavy (non-hydrogen) atoms. The van der Waals surface area contributed by atoms with Crippen molar-refractivity contribution < 1.29 is 9.59 Å². The Bertz CT molecular complexity index is 395. The molecule has 2 aliphatic heterocycles. The predicted octanol–water partition coefficient (Wildman–Crippen LogP) is -0.247. The Hall–Kier alpha value is -1.27. The Labute approximate surface area is 113 Å². The lowest BCUT2D eigenvalue weighted by molar-refractivity contribution is -0.142. The zero-order valence-electron chi connectivity index (χ0n) is 11.7. The molecule has 0 saturated carbocycles. The fourth-order valence-electron chi connectivity index (χ4n) is 2.63. The number of aliphatic imine (C=N–C) groups is 1. The lowest BCUT2D eigenvalue weighted by Crippen LogP contribution is -2.55. The highest BCUT2D eigenvalue weighted by Gasteiger charge is 2.45. The lowest BCUT2D eigenvalue weighted by atomic mass is 9.79. The first-order valence-electron chi connectivity index (χ1n) is 6.99. The molecule has 0 atom stereocenters. The van der Waals surface area contributed by atoms with Crippen LogP contribution in [0.3, 0.4) is 0 Å². The van der Waals surface area contributed by atoms with Crippen molar-refractivity contribution in [3.8, 4) is 0 Å². The van der Waals surface area contributed by atoms with Crippen LogP contribution < -0.4 is 10.6 Å². The molecular formula is C13H22N4O2. The molecule has 0 aromatic heterocycles. The van der Waals surface area contributed by atoms with Crippen LogP contribution in [0.4, 0.5) is 0 Å². The summed E-state index contributed by atoms with van der Waals surface area (Å²) in [6.07, 6.45) is 0.997. The molecule has 2 N–H and O–H groups in total. The normalized spacial score (nSPS) is 24.0. The Morgan fingerprint density at radius 1 is 1.21 bits per heavy atom. The van der Waals surface area contributed by atoms with Crippen molar-refractivity contribution in [2.75, 3.05) is 32.7 Å². The molecule has 0 aromatic carbocycles. The monoisotopic (exact) mass is 266 g/mol. The summed E-state index contributed by atoms with van der Waals surface area (Å²) in [5.74, 6) is 0.0171. The molecule has 1 saturated heterocycles. The molecule has 106 valence electrons. The molecule has 0 unspecified atom stereocenters. The number of amidine groups is 1. The summed E-state index contributed by atoms with van der Waals surface area (Å²) in [5, 5.41) is 6.08. The smallest absolute Gasteiger partial charge is 0.263 e. The van der Waals surface area contributed by atoms with Gasteiger partial charge in [-0.1, -0.05) is 13.8 Å². The number of piperazine rings is 1. The summed E-state index contributed by atoms with van der Waals surface area (Å²) in [6, 6.07) is 0. The van der Waals surface area contributed by atoms with E-state index >= 15 is 0 Å². The van der Waals surface area contributed by atoms with Crippen LogP contribution in [-0.2, 0) is 9.59 Å². The summed E-state index contributed by atoms with van der Waals surface area (Å²) in [4.78, 5) is 30.7. The third-order valence-electron chi connectivity index (χ3n) is 4.13. The number of carbonyl (C=O) groups is 2. The number of nitrogens with zero attached hydrogens (tertiary/aromatic N) is 2. The molecule has 6 heteroatoms. The van der Waals surface area contributed by atoms with Gasteiger partial charge in [-0.25, -0.2) is 0 Å². The molecule has 0 aromatic rings. The van der Waals surface area contributed by atoms with Crippen molar-refractivity contribution in [1.29, 1.82) is 0 Å². The third kappa shape index (κ3) is 2.69. The van der Waals surface area contributed by atoms with Gasteiger partial charge in [0.1, 0.15) is 11.3 Å². The van der Waals surface area contributed by atoms with Crippen molar-refractivity contribution in [2.24, 2.45) is 10.4 Å². The minimum absolute atomic E-state index is 0.192. The fourth-order valence-corrected chi connectivity index (χ4v) is 2.63. The van der Waals surface area contributed by atoms with Crippen molar-refractivity contribution in [3.05, 3.63) is 0 Å². The van der Waals surface area contributed by atoms with Gasteiger partial charge in [0.05, 0.1) is 6.54 Å². The van der Waals surface area contributed by atoms with Gasteiger partial charge in [-0.3, -0.25) is 14.5 Å². The van der Waals surface area contributed by atoms with Crippen LogP contribution in [-0.4, -0.2) is 55.3 Å². The van der Waals surface area contributed by atoms with Gasteiger partial charge in [0, 0.05) is 26.2 Å². The van der Waals surface area contributed by atoms with E-state index in [1.165, 1.54) is 0 Å². The van der Waals surface area contributed by atoms with Crippen molar-refractivity contribution >= 4 is 17.6 Å². The van der Waals surface area contributed by atoms with Gasteiger partial charge in [0.15, 0.2) is 0 Å². The number of carbonyl (C=O) groups excluding carboxylic acids is 2. The molecule has 0 aliphatic carbocycles. The topological polar surface area (TPSA) is 73.8 Å². The van der Waals surface area contributed by atoms with Gasteiger partial charge >= 0.3 is 0 Å². The van der Waals surface area contributed by atoms with Crippen LogP contribution in [0.5, 0.6) is 0 Å². The summed E-state index contributed by atoms with van der Waals surface area (Å²) in [7, 11) is 0. The molecule has 2 heterocycles. The largest absolute Gasteiger partial charge is 0.314 e. The highest BCUT2D eigenvalue weighted by molar-refractivity contribution is 6.19. The van der Waals surface area contributed by atoms with E-state index in [0.717, 1.165) is 26.2 Å². The summed E-state index contributed by atoms with van der Waals surface area (Å²) < 4.78 is 0. The zero-order valence-corrected chi connectivity index (χ0v) is 11.7. The van der Waals surface area contributed by atoms with Crippen LogP contribution in [0.1, 0.15) is 26.7 Å². The maximum absolute atomic E-state index is 12.2. The number of nitrogens with one attached hydrogen (secondary N) is 2. The molecule has 2 rings (SSSR count). The predicted molar refractivity (Wildman–Crippen MR) is 72.9 cm³/mol. The molecular weight excluding hydrogens is 244 g/mol. The van der Waals surface area contributed by atoms with Crippen LogP contribution in [0.25, 0.3) is 0 Å². The zero-order chi connectivity index (χ0) is 13.9. The number of rotatable bonds is 4. The van der Waals surface area contributed by atoms with Crippen LogP contribution in [0, 0.1) is 5.41 Å². The highest BCUT2D eigenvalue weighted by atomic mass is 16.2. The first-order valence-corrected chi connectivity index (χ1v) is 6.99. The molecule has 0 radical (unpaired) electrons. The minimum atomic E-state index is -0.951. The lowest BCUT2D eigenvalue weighted by Gasteiger charge is -2.33. The van der Waals surface area contributed by atoms with E-state index in [2.05, 4.69) is 20.5 Å². The molecule has 2 amide bonds. The fraction of sp³-hybridized carbons (Fsp3) is 0.769. The van der Waals surface area contributed by atoms with Gasteiger partial charge in [0.2, 0.25) is 5.91 Å². The quantitative estimate of drug-likeness (QED) is 0.688. The van der Waals surface area contributed by atoms with Crippen LogP contribution in [0.15, 0.2) is 4.99 Å². The van der Waals surface area contributed by atoms with Gasteiger partial charge in [-0.2, -0.15) is 4.99 Å². The molecule has 2 aliphatic rings. The average Bonchev–Trinajstić information content (AvgIpc) is 2.41. The molecule has 0 bridgehead atoms. The van der Waals surface area contributed by atoms with E-state index in [-0.39, 0.29) is 11.8 Å². The Balaban J connectivity index is 2.08. The van der Waals surface area contributed by atoms with E-state index in [1.54, 1.807) is 0 Å². The average molecular weight is 266 g/mol. The van der Waals surface area contributed by atoms with E-state index in [1.807, 2.05) is 13.8 Å². The Kier molecular flexibility index (Phi) is 4.31. The first-order chi connectivity index (χ1) is 9.12. The standard InChI is InChI=1S/C13H22N4O2/c1-3-13(4-2)11(18)15-10(16-12(13)19)9-17-7-5-14-6-8-17/h14H,3-9H2,1-2H3,(H,15,16,18,19). The SMILES string of the molecule is CCC1(CC)C(=O)N=C(CN2CCNCC2)NC1=O.